The highest BCUT2D eigenvalue weighted by Gasteiger charge is 2.10. The summed E-state index contributed by atoms with van der Waals surface area (Å²) in [5.41, 5.74) is 3.19. The van der Waals surface area contributed by atoms with Crippen LogP contribution in [-0.2, 0) is 9.53 Å². The molecule has 100 valence electrons. The van der Waals surface area contributed by atoms with Gasteiger partial charge in [0.15, 0.2) is 0 Å². The number of hydrogen-bond donors (Lipinski definition) is 0. The van der Waals surface area contributed by atoms with Crippen molar-refractivity contribution in [2.45, 2.75) is 33.6 Å². The quantitative estimate of drug-likeness (QED) is 0.351. The van der Waals surface area contributed by atoms with E-state index in [1.807, 2.05) is 45.0 Å². The van der Waals surface area contributed by atoms with Crippen LogP contribution in [0.4, 0.5) is 0 Å². The number of ether oxygens (including phenoxy) is 1. The van der Waals surface area contributed by atoms with Gasteiger partial charge in [-0.15, -0.1) is 0 Å². The highest BCUT2D eigenvalue weighted by Crippen LogP contribution is 2.13. The van der Waals surface area contributed by atoms with Crippen molar-refractivity contribution in [3.05, 3.63) is 40.5 Å². The third-order valence-electron chi connectivity index (χ3n) is 2.91. The summed E-state index contributed by atoms with van der Waals surface area (Å²) in [6.07, 6.45) is 3.34. The van der Waals surface area contributed by atoms with Gasteiger partial charge < -0.3 is 4.74 Å². The second kappa shape index (κ2) is 7.38. The maximum absolute atomic E-state index is 11.7. The number of aryl methyl sites for hydroxylation is 2. The summed E-state index contributed by atoms with van der Waals surface area (Å²) in [7, 11) is 0. The van der Waals surface area contributed by atoms with Crippen molar-refractivity contribution in [2.75, 3.05) is 6.61 Å². The first kappa shape index (κ1) is 15.0. The minimum atomic E-state index is -0.547. The topological polar surface area (TPSA) is 50.1 Å². The maximum Gasteiger partial charge on any atom is 0.348 e. The van der Waals surface area contributed by atoms with E-state index in [2.05, 4.69) is 0 Å². The van der Waals surface area contributed by atoms with Crippen LogP contribution in [0.25, 0.3) is 6.08 Å². The molecule has 0 saturated carbocycles. The predicted molar refractivity (Wildman–Crippen MR) is 75.4 cm³/mol. The van der Waals surface area contributed by atoms with Crippen LogP contribution >= 0.6 is 0 Å². The number of carbonyl (C=O) groups is 1. The lowest BCUT2D eigenvalue weighted by Gasteiger charge is -2.04. The fourth-order valence-corrected chi connectivity index (χ4v) is 1.54. The van der Waals surface area contributed by atoms with E-state index >= 15 is 0 Å². The first-order valence-electron chi connectivity index (χ1n) is 6.44. The van der Waals surface area contributed by atoms with Crippen LogP contribution in [0.1, 0.15) is 36.5 Å². The summed E-state index contributed by atoms with van der Waals surface area (Å²) in [5.74, 6) is -0.547. The molecule has 0 heterocycles. The number of nitrogens with zero attached hydrogens (tertiary/aromatic N) is 1. The highest BCUT2D eigenvalue weighted by molar-refractivity contribution is 5.97. The fourth-order valence-electron chi connectivity index (χ4n) is 1.54. The number of nitriles is 1. The Morgan fingerprint density at radius 2 is 2.11 bits per heavy atom. The smallest absolute Gasteiger partial charge is 0.348 e. The molecule has 3 heteroatoms. The molecule has 0 radical (unpaired) electrons. The van der Waals surface area contributed by atoms with Crippen molar-refractivity contribution in [2.24, 2.45) is 0 Å². The van der Waals surface area contributed by atoms with Crippen molar-refractivity contribution in [1.29, 1.82) is 5.26 Å². The molecule has 3 nitrogen and oxygen atoms in total. The molecule has 0 N–H and O–H groups in total. The van der Waals surface area contributed by atoms with Gasteiger partial charge in [-0.2, -0.15) is 5.26 Å². The van der Waals surface area contributed by atoms with E-state index in [4.69, 9.17) is 10.00 Å². The summed E-state index contributed by atoms with van der Waals surface area (Å²) >= 11 is 0. The number of hydrogen-bond acceptors (Lipinski definition) is 3. The molecule has 1 rings (SSSR count). The van der Waals surface area contributed by atoms with E-state index in [0.717, 1.165) is 24.0 Å². The number of rotatable bonds is 5. The van der Waals surface area contributed by atoms with E-state index in [9.17, 15) is 4.79 Å². The van der Waals surface area contributed by atoms with Crippen LogP contribution in [0.15, 0.2) is 23.8 Å². The molecular weight excluding hydrogens is 238 g/mol. The van der Waals surface area contributed by atoms with Gasteiger partial charge in [0.05, 0.1) is 6.61 Å². The average molecular weight is 257 g/mol. The van der Waals surface area contributed by atoms with Crippen molar-refractivity contribution >= 4 is 12.0 Å². The average Bonchev–Trinajstić information content (AvgIpc) is 2.40. The van der Waals surface area contributed by atoms with Crippen LogP contribution in [0.5, 0.6) is 0 Å². The van der Waals surface area contributed by atoms with Gasteiger partial charge in [-0.05, 0) is 43.0 Å². The zero-order valence-electron chi connectivity index (χ0n) is 11.7. The molecule has 19 heavy (non-hydrogen) atoms. The number of esters is 1. The Kier molecular flexibility index (Phi) is 5.81. The molecule has 0 unspecified atom stereocenters. The third-order valence-corrected chi connectivity index (χ3v) is 2.91. The molecule has 0 spiro atoms. The summed E-state index contributed by atoms with van der Waals surface area (Å²) in [4.78, 5) is 11.7. The second-order valence-corrected chi connectivity index (χ2v) is 4.50. The molecule has 1 aromatic carbocycles. The van der Waals surface area contributed by atoms with Gasteiger partial charge in [-0.3, -0.25) is 0 Å². The van der Waals surface area contributed by atoms with Crippen LogP contribution in [0, 0.1) is 25.2 Å². The SMILES string of the molecule is CCCCOC(=O)/C(C#N)=C\c1ccc(C)c(C)c1. The molecule has 0 aliphatic heterocycles. The summed E-state index contributed by atoms with van der Waals surface area (Å²) < 4.78 is 5.03. The molecule has 0 fully saturated rings. The Balaban J connectivity index is 2.84. The Morgan fingerprint density at radius 3 is 2.68 bits per heavy atom. The van der Waals surface area contributed by atoms with E-state index < -0.39 is 5.97 Å². The number of unbranched alkanes of at least 4 members (excludes halogenated alkanes) is 1. The zero-order chi connectivity index (χ0) is 14.3. The molecular formula is C16H19NO2. The van der Waals surface area contributed by atoms with Crippen LogP contribution in [-0.4, -0.2) is 12.6 Å². The van der Waals surface area contributed by atoms with E-state index in [0.29, 0.717) is 6.61 Å². The standard InChI is InChI=1S/C16H19NO2/c1-4-5-8-19-16(18)15(11-17)10-14-7-6-12(2)13(3)9-14/h6-7,9-10H,4-5,8H2,1-3H3/b15-10-. The molecule has 1 aromatic rings. The molecule has 0 bridgehead atoms. The van der Waals surface area contributed by atoms with E-state index in [1.54, 1.807) is 6.08 Å². The first-order valence-corrected chi connectivity index (χ1v) is 6.44. The molecule has 0 aliphatic rings. The van der Waals surface area contributed by atoms with E-state index in [1.165, 1.54) is 5.56 Å². The molecule has 0 saturated heterocycles. The van der Waals surface area contributed by atoms with Crippen LogP contribution < -0.4 is 0 Å². The van der Waals surface area contributed by atoms with Gasteiger partial charge in [-0.1, -0.05) is 31.5 Å². The van der Waals surface area contributed by atoms with Gasteiger partial charge in [0.25, 0.3) is 0 Å². The highest BCUT2D eigenvalue weighted by atomic mass is 16.5. The first-order chi connectivity index (χ1) is 9.08. The number of benzene rings is 1. The minimum Gasteiger partial charge on any atom is -0.462 e. The monoisotopic (exact) mass is 257 g/mol. The Labute approximate surface area is 114 Å². The van der Waals surface area contributed by atoms with Gasteiger partial charge >= 0.3 is 5.97 Å². The van der Waals surface area contributed by atoms with Crippen LogP contribution in [0.3, 0.4) is 0 Å². The third kappa shape index (κ3) is 4.59. The summed E-state index contributed by atoms with van der Waals surface area (Å²) in [6.45, 7) is 6.40. The minimum absolute atomic E-state index is 0.0411. The second-order valence-electron chi connectivity index (χ2n) is 4.50. The summed E-state index contributed by atoms with van der Waals surface area (Å²) in [6, 6.07) is 7.71. The van der Waals surface area contributed by atoms with Gasteiger partial charge in [0.1, 0.15) is 11.6 Å². The summed E-state index contributed by atoms with van der Waals surface area (Å²) in [5, 5.41) is 9.02. The maximum atomic E-state index is 11.7. The molecule has 0 amide bonds. The Morgan fingerprint density at radius 1 is 1.37 bits per heavy atom. The van der Waals surface area contributed by atoms with Crippen molar-refractivity contribution < 1.29 is 9.53 Å². The normalized spacial score (nSPS) is 10.9. The van der Waals surface area contributed by atoms with Crippen molar-refractivity contribution in [1.82, 2.24) is 0 Å². The molecule has 0 aromatic heterocycles. The Hall–Kier alpha value is -2.08. The van der Waals surface area contributed by atoms with Crippen LogP contribution in [0.2, 0.25) is 0 Å². The largest absolute Gasteiger partial charge is 0.462 e. The predicted octanol–water partition coefficient (Wildman–Crippen LogP) is 3.55. The zero-order valence-corrected chi connectivity index (χ0v) is 11.7. The molecule has 0 atom stereocenters. The van der Waals surface area contributed by atoms with Gasteiger partial charge in [0.2, 0.25) is 0 Å². The lowest BCUT2D eigenvalue weighted by atomic mass is 10.0. The van der Waals surface area contributed by atoms with Crippen molar-refractivity contribution in [3.8, 4) is 6.07 Å². The lowest BCUT2D eigenvalue weighted by Crippen LogP contribution is -2.07. The number of carbonyl (C=O) groups excluding carboxylic acids is 1. The lowest BCUT2D eigenvalue weighted by molar-refractivity contribution is -0.138. The molecule has 0 aliphatic carbocycles. The Bertz CT molecular complexity index is 524. The fraction of sp³-hybridized carbons (Fsp3) is 0.375. The van der Waals surface area contributed by atoms with Crippen molar-refractivity contribution in [3.63, 3.8) is 0 Å². The van der Waals surface area contributed by atoms with Gasteiger partial charge in [0, 0.05) is 0 Å². The van der Waals surface area contributed by atoms with E-state index in [-0.39, 0.29) is 5.57 Å². The van der Waals surface area contributed by atoms with Gasteiger partial charge in [-0.25, -0.2) is 4.79 Å².